The number of thioether (sulfide) groups is 1. The van der Waals surface area contributed by atoms with Crippen molar-refractivity contribution >= 4 is 38.0 Å². The highest BCUT2D eigenvalue weighted by atomic mass is 32.3. The first-order chi connectivity index (χ1) is 12.0. The van der Waals surface area contributed by atoms with Crippen molar-refractivity contribution in [2.24, 2.45) is 5.16 Å². The van der Waals surface area contributed by atoms with Gasteiger partial charge in [-0.1, -0.05) is 16.9 Å². The van der Waals surface area contributed by atoms with E-state index in [1.807, 2.05) is 0 Å². The summed E-state index contributed by atoms with van der Waals surface area (Å²) in [6.45, 7) is -0.613. The van der Waals surface area contributed by atoms with E-state index in [1.165, 1.54) is 0 Å². The van der Waals surface area contributed by atoms with E-state index in [4.69, 9.17) is 14.4 Å². The maximum absolute atomic E-state index is 11.1. The highest BCUT2D eigenvalue weighted by molar-refractivity contribution is 8.14. The topological polar surface area (TPSA) is 183 Å². The molecule has 0 spiro atoms. The number of nitrogens with zero attached hydrogens (tertiary/aromatic N) is 1. The van der Waals surface area contributed by atoms with E-state index in [9.17, 15) is 27.9 Å². The van der Waals surface area contributed by atoms with Crippen LogP contribution < -0.4 is 0 Å². The summed E-state index contributed by atoms with van der Waals surface area (Å²) in [5, 5.41) is 42.0. The number of unbranched alkanes of at least 4 members (excludes halogenated alkanes) is 1. The molecule has 0 aliphatic carbocycles. The van der Waals surface area contributed by atoms with Gasteiger partial charge < -0.3 is 25.2 Å². The minimum Gasteiger partial charge on any atom is -0.394 e. The molecule has 0 amide bonds. The largest absolute Gasteiger partial charge is 0.466 e. The highest BCUT2D eigenvalue weighted by Crippen LogP contribution is 2.30. The van der Waals surface area contributed by atoms with Crippen LogP contribution in [0.15, 0.2) is 5.16 Å². The average molecular weight is 438 g/mol. The number of rotatable bonds is 9. The maximum atomic E-state index is 11.1. The molecule has 11 nitrogen and oxygen atoms in total. The van der Waals surface area contributed by atoms with Crippen molar-refractivity contribution in [2.45, 2.75) is 49.1 Å². The maximum Gasteiger partial charge on any atom is 0.466 e. The van der Waals surface area contributed by atoms with Crippen molar-refractivity contribution in [3.05, 3.63) is 0 Å². The summed E-state index contributed by atoms with van der Waals surface area (Å²) in [5.74, 6) is 0.428. The van der Waals surface area contributed by atoms with Crippen molar-refractivity contribution < 1.29 is 46.6 Å². The zero-order valence-electron chi connectivity index (χ0n) is 13.9. The van der Waals surface area contributed by atoms with Gasteiger partial charge in [0.15, 0.2) is 0 Å². The minimum absolute atomic E-state index is 0.0221. The first-order valence-electron chi connectivity index (χ1n) is 7.55. The van der Waals surface area contributed by atoms with Crippen molar-refractivity contribution in [2.75, 3.05) is 18.6 Å². The van der Waals surface area contributed by atoms with E-state index in [-0.39, 0.29) is 11.5 Å². The molecule has 0 saturated carbocycles. The molecule has 6 atom stereocenters. The molecular formula is C12H23NO10S3. The molecule has 154 valence electrons. The van der Waals surface area contributed by atoms with Crippen LogP contribution in [0.5, 0.6) is 0 Å². The van der Waals surface area contributed by atoms with E-state index in [0.29, 0.717) is 18.6 Å². The molecule has 1 fully saturated rings. The van der Waals surface area contributed by atoms with Crippen LogP contribution in [0.4, 0.5) is 0 Å². The molecule has 0 aromatic carbocycles. The van der Waals surface area contributed by atoms with Gasteiger partial charge in [-0.3, -0.25) is 8.76 Å². The van der Waals surface area contributed by atoms with Crippen molar-refractivity contribution in [3.8, 4) is 0 Å². The standard InChI is InChI=1S/C12H23NO10S3/c1-25(18)5-3-2-4-8(13-23-26(19,20)21)24-12-11(17)10(16)9(15)7(6-14)22-12/h7,9-12,14-17H,2-6H2,1H3,(H,19,20,21)/b13-8+/t7-,9+,10+,11+,12-,25-/m0/s1. The van der Waals surface area contributed by atoms with Gasteiger partial charge >= 0.3 is 10.4 Å². The first kappa shape index (κ1) is 23.7. The second-order valence-corrected chi connectivity index (χ2v) is 9.27. The van der Waals surface area contributed by atoms with Crippen molar-refractivity contribution in [3.63, 3.8) is 0 Å². The van der Waals surface area contributed by atoms with Gasteiger partial charge in [-0.2, -0.15) is 8.42 Å². The number of hydrogen-bond donors (Lipinski definition) is 5. The molecule has 1 aliphatic rings. The average Bonchev–Trinajstić information content (AvgIpc) is 2.55. The number of aliphatic hydroxyl groups excluding tert-OH is 4. The van der Waals surface area contributed by atoms with Crippen LogP contribution in [-0.2, 0) is 30.2 Å². The predicted octanol–water partition coefficient (Wildman–Crippen LogP) is -1.80. The second kappa shape index (κ2) is 10.9. The summed E-state index contributed by atoms with van der Waals surface area (Å²) in [5.41, 5.74) is -1.17. The van der Waals surface area contributed by atoms with E-state index in [2.05, 4.69) is 9.44 Å². The molecule has 0 unspecified atom stereocenters. The molecule has 14 heteroatoms. The van der Waals surface area contributed by atoms with Gasteiger partial charge in [-0.25, -0.2) is 4.28 Å². The van der Waals surface area contributed by atoms with Gasteiger partial charge in [-0.15, -0.1) is 0 Å². The Balaban J connectivity index is 2.80. The third-order valence-corrected chi connectivity index (χ3v) is 5.71. The van der Waals surface area contributed by atoms with Crippen LogP contribution in [0.2, 0.25) is 0 Å². The molecule has 1 heterocycles. The summed E-state index contributed by atoms with van der Waals surface area (Å²) in [6.07, 6.45) is -3.09. The lowest BCUT2D eigenvalue weighted by Gasteiger charge is -2.39. The molecule has 1 saturated heterocycles. The SMILES string of the molecule is C[S@](=O)CCCC/C(=N\OS(=O)(=O)O)S[C@@H]1O[C@@H](CO)[C@@H](O)[C@@H](O)[C@H]1O. The zero-order valence-corrected chi connectivity index (χ0v) is 16.3. The summed E-state index contributed by atoms with van der Waals surface area (Å²) in [7, 11) is -5.83. The number of aliphatic hydroxyl groups is 4. The molecule has 0 bridgehead atoms. The van der Waals surface area contributed by atoms with Gasteiger partial charge in [0.05, 0.1) is 6.61 Å². The van der Waals surface area contributed by atoms with Gasteiger partial charge in [0.25, 0.3) is 0 Å². The van der Waals surface area contributed by atoms with Crippen molar-refractivity contribution in [1.82, 2.24) is 0 Å². The van der Waals surface area contributed by atoms with Gasteiger partial charge in [0.1, 0.15) is 34.9 Å². The normalized spacial score (nSPS) is 31.6. The van der Waals surface area contributed by atoms with Crippen LogP contribution in [-0.4, -0.2) is 91.1 Å². The predicted molar refractivity (Wildman–Crippen MR) is 94.2 cm³/mol. The quantitative estimate of drug-likeness (QED) is 0.0901. The Morgan fingerprint density at radius 1 is 1.23 bits per heavy atom. The summed E-state index contributed by atoms with van der Waals surface area (Å²) in [6, 6.07) is 0. The van der Waals surface area contributed by atoms with Crippen molar-refractivity contribution in [1.29, 1.82) is 0 Å². The molecule has 1 rings (SSSR count). The fourth-order valence-corrected chi connectivity index (χ4v) is 4.05. The van der Waals surface area contributed by atoms with E-state index in [0.717, 1.165) is 11.8 Å². The van der Waals surface area contributed by atoms with Crippen LogP contribution in [0.25, 0.3) is 0 Å². The monoisotopic (exact) mass is 437 g/mol. The van der Waals surface area contributed by atoms with Gasteiger partial charge in [-0.05, 0) is 19.3 Å². The van der Waals surface area contributed by atoms with E-state index in [1.54, 1.807) is 6.26 Å². The van der Waals surface area contributed by atoms with Crippen LogP contribution in [0, 0.1) is 0 Å². The lowest BCUT2D eigenvalue weighted by atomic mass is 10.0. The molecule has 26 heavy (non-hydrogen) atoms. The summed E-state index contributed by atoms with van der Waals surface area (Å²) < 4.78 is 50.4. The Bertz CT molecular complexity index is 596. The molecule has 0 aromatic rings. The number of ether oxygens (including phenoxy) is 1. The molecule has 0 aromatic heterocycles. The Hall–Kier alpha value is -0.320. The number of hydrogen-bond acceptors (Lipinski definition) is 11. The van der Waals surface area contributed by atoms with Gasteiger partial charge in [0.2, 0.25) is 0 Å². The fraction of sp³-hybridized carbons (Fsp3) is 0.917. The molecule has 1 aliphatic heterocycles. The first-order valence-corrected chi connectivity index (χ1v) is 11.5. The zero-order chi connectivity index (χ0) is 19.9. The van der Waals surface area contributed by atoms with Crippen LogP contribution in [0.1, 0.15) is 19.3 Å². The van der Waals surface area contributed by atoms with Crippen LogP contribution in [0.3, 0.4) is 0 Å². The Morgan fingerprint density at radius 3 is 2.42 bits per heavy atom. The third-order valence-electron chi connectivity index (χ3n) is 3.41. The molecular weight excluding hydrogens is 414 g/mol. The lowest BCUT2D eigenvalue weighted by molar-refractivity contribution is -0.205. The minimum atomic E-state index is -4.83. The Kier molecular flexibility index (Phi) is 9.92. The second-order valence-electron chi connectivity index (χ2n) is 5.54. The third kappa shape index (κ3) is 8.14. The summed E-state index contributed by atoms with van der Waals surface area (Å²) in [4.78, 5) is 0. The lowest BCUT2D eigenvalue weighted by Crippen LogP contribution is -2.57. The summed E-state index contributed by atoms with van der Waals surface area (Å²) >= 11 is 0.717. The number of oxime groups is 1. The molecule has 0 radical (unpaired) electrons. The Labute approximate surface area is 157 Å². The smallest absolute Gasteiger partial charge is 0.394 e. The Morgan fingerprint density at radius 2 is 1.88 bits per heavy atom. The molecule has 5 N–H and O–H groups in total. The highest BCUT2D eigenvalue weighted by Gasteiger charge is 2.44. The van der Waals surface area contributed by atoms with Crippen LogP contribution >= 0.6 is 11.8 Å². The van der Waals surface area contributed by atoms with E-state index >= 15 is 0 Å². The van der Waals surface area contributed by atoms with E-state index < -0.39 is 57.7 Å². The van der Waals surface area contributed by atoms with Gasteiger partial charge in [0, 0.05) is 22.8 Å². The fourth-order valence-electron chi connectivity index (χ4n) is 2.10.